The van der Waals surface area contributed by atoms with Crippen LogP contribution < -0.4 is 20.7 Å². The Morgan fingerprint density at radius 3 is 1.85 bits per heavy atom. The van der Waals surface area contributed by atoms with Crippen molar-refractivity contribution < 1.29 is 79.9 Å². The number of amides is 6. The summed E-state index contributed by atoms with van der Waals surface area (Å²) in [6, 6.07) is -0.970. The molecule has 4 N–H and O–H groups in total. The summed E-state index contributed by atoms with van der Waals surface area (Å²) in [4.78, 5) is 86.9. The van der Waals surface area contributed by atoms with Gasteiger partial charge in [0.1, 0.15) is 12.3 Å². The molecule has 6 amide bonds. The SMILES string of the molecule is O=C(CCN1C(=O)C=CC1O)NCCCC[C@H](NC(=O)CCN1C(=O)C=CC1=O)C(=O)NCCOCCOCCOCCOCCC(=O)Oc1c(F)c(F)cc(F)c1F. The van der Waals surface area contributed by atoms with E-state index in [1.807, 2.05) is 0 Å². The zero-order valence-corrected chi connectivity index (χ0v) is 32.0. The number of imide groups is 1. The van der Waals surface area contributed by atoms with Gasteiger partial charge in [-0.3, -0.25) is 38.5 Å². The molecule has 18 nitrogen and oxygen atoms in total. The van der Waals surface area contributed by atoms with Gasteiger partial charge < -0.3 is 49.6 Å². The van der Waals surface area contributed by atoms with E-state index in [1.54, 1.807) is 0 Å². The molecule has 1 aromatic rings. The number of aliphatic hydroxyl groups is 1. The Morgan fingerprint density at radius 1 is 0.678 bits per heavy atom. The second kappa shape index (κ2) is 25.9. The summed E-state index contributed by atoms with van der Waals surface area (Å²) in [6.45, 7) is 1.11. The monoisotopic (exact) mass is 845 g/mol. The Morgan fingerprint density at radius 2 is 1.25 bits per heavy atom. The molecular formula is C37H47F4N5O13. The third-order valence-corrected chi connectivity index (χ3v) is 8.35. The lowest BCUT2D eigenvalue weighted by Crippen LogP contribution is -2.48. The van der Waals surface area contributed by atoms with E-state index in [1.165, 1.54) is 12.2 Å². The number of hydrogen-bond donors (Lipinski definition) is 4. The van der Waals surface area contributed by atoms with Crippen molar-refractivity contribution in [3.8, 4) is 5.75 Å². The van der Waals surface area contributed by atoms with Gasteiger partial charge in [-0.15, -0.1) is 0 Å². The van der Waals surface area contributed by atoms with E-state index < -0.39 is 77.3 Å². The molecule has 2 aliphatic heterocycles. The first kappa shape index (κ1) is 48.1. The minimum atomic E-state index is -1.83. The number of ether oxygens (including phenoxy) is 5. The zero-order chi connectivity index (χ0) is 43.2. The Labute approximate surface area is 336 Å². The van der Waals surface area contributed by atoms with Crippen LogP contribution in [0.3, 0.4) is 0 Å². The molecule has 3 rings (SSSR count). The van der Waals surface area contributed by atoms with Crippen LogP contribution in [0.5, 0.6) is 5.75 Å². The van der Waals surface area contributed by atoms with E-state index >= 15 is 0 Å². The van der Waals surface area contributed by atoms with E-state index in [0.29, 0.717) is 12.8 Å². The van der Waals surface area contributed by atoms with Gasteiger partial charge in [0.25, 0.3) is 11.8 Å². The first-order chi connectivity index (χ1) is 28.3. The van der Waals surface area contributed by atoms with Crippen LogP contribution in [-0.2, 0) is 52.5 Å². The molecule has 2 aliphatic rings. The van der Waals surface area contributed by atoms with Gasteiger partial charge in [-0.25, -0.2) is 8.78 Å². The summed E-state index contributed by atoms with van der Waals surface area (Å²) in [5, 5.41) is 17.8. The molecule has 1 aromatic carbocycles. The average Bonchev–Trinajstić information content (AvgIpc) is 3.71. The first-order valence-corrected chi connectivity index (χ1v) is 18.7. The molecule has 2 atom stereocenters. The number of rotatable bonds is 29. The van der Waals surface area contributed by atoms with Crippen LogP contribution in [0.25, 0.3) is 0 Å². The Hall–Kier alpha value is -5.29. The molecular weight excluding hydrogens is 798 g/mol. The predicted molar refractivity (Wildman–Crippen MR) is 194 cm³/mol. The lowest BCUT2D eigenvalue weighted by Gasteiger charge is -2.20. The number of halogens is 4. The van der Waals surface area contributed by atoms with Crippen molar-refractivity contribution in [1.82, 2.24) is 25.8 Å². The minimum Gasteiger partial charge on any atom is -0.420 e. The van der Waals surface area contributed by atoms with Crippen LogP contribution in [-0.4, -0.2) is 148 Å². The Balaban J connectivity index is 1.23. The molecule has 326 valence electrons. The summed E-state index contributed by atoms with van der Waals surface area (Å²) in [6.07, 6.45) is 4.10. The summed E-state index contributed by atoms with van der Waals surface area (Å²) < 4.78 is 79.3. The summed E-state index contributed by atoms with van der Waals surface area (Å²) >= 11 is 0. The van der Waals surface area contributed by atoms with Gasteiger partial charge in [0.2, 0.25) is 41.0 Å². The lowest BCUT2D eigenvalue weighted by molar-refractivity contribution is -0.138. The van der Waals surface area contributed by atoms with Gasteiger partial charge in [0.05, 0.1) is 59.3 Å². The molecule has 22 heteroatoms. The molecule has 59 heavy (non-hydrogen) atoms. The van der Waals surface area contributed by atoms with Gasteiger partial charge in [0, 0.05) is 63.3 Å². The van der Waals surface area contributed by atoms with Crippen molar-refractivity contribution in [3.05, 3.63) is 53.6 Å². The minimum absolute atomic E-state index is 0.00955. The van der Waals surface area contributed by atoms with Crippen LogP contribution in [0.1, 0.15) is 38.5 Å². The van der Waals surface area contributed by atoms with Crippen molar-refractivity contribution in [2.75, 3.05) is 79.0 Å². The number of aliphatic hydroxyl groups excluding tert-OH is 1. The summed E-state index contributed by atoms with van der Waals surface area (Å²) in [5.74, 6) is -12.6. The molecule has 0 saturated carbocycles. The number of benzene rings is 1. The number of nitrogens with zero attached hydrogens (tertiary/aromatic N) is 2. The van der Waals surface area contributed by atoms with Crippen molar-refractivity contribution >= 4 is 41.4 Å². The normalized spacial score (nSPS) is 15.3. The van der Waals surface area contributed by atoms with Crippen molar-refractivity contribution in [2.45, 2.75) is 50.8 Å². The fourth-order valence-corrected chi connectivity index (χ4v) is 5.25. The summed E-state index contributed by atoms with van der Waals surface area (Å²) in [5.41, 5.74) is 0. The van der Waals surface area contributed by atoms with E-state index in [-0.39, 0.29) is 116 Å². The van der Waals surface area contributed by atoms with Crippen molar-refractivity contribution in [2.24, 2.45) is 0 Å². The quantitative estimate of drug-likeness (QED) is 0.0207. The van der Waals surface area contributed by atoms with Gasteiger partial charge in [-0.1, -0.05) is 0 Å². The molecule has 0 aliphatic carbocycles. The van der Waals surface area contributed by atoms with Gasteiger partial charge in [-0.2, -0.15) is 8.78 Å². The number of nitrogens with one attached hydrogen (secondary N) is 3. The predicted octanol–water partition coefficient (Wildman–Crippen LogP) is -0.0856. The van der Waals surface area contributed by atoms with Crippen LogP contribution in [0.15, 0.2) is 30.4 Å². The largest absolute Gasteiger partial charge is 0.420 e. The Kier molecular flexibility index (Phi) is 21.1. The molecule has 0 bridgehead atoms. The molecule has 0 fully saturated rings. The molecule has 0 aromatic heterocycles. The highest BCUT2D eigenvalue weighted by Gasteiger charge is 2.27. The van der Waals surface area contributed by atoms with E-state index in [2.05, 4.69) is 20.7 Å². The van der Waals surface area contributed by atoms with E-state index in [0.717, 1.165) is 22.0 Å². The number of carbonyl (C=O) groups excluding carboxylic acids is 7. The lowest BCUT2D eigenvalue weighted by atomic mass is 10.1. The molecule has 0 spiro atoms. The standard InChI is InChI=1S/C37H47F4N5O13/c38-24-23-25(39)35(41)36(34(24)40)59-33(53)10-15-55-17-19-57-21-22-58-20-18-56-16-12-43-37(54)26(44-28(48)9-14-46-31(51)6-7-32(46)52)3-1-2-11-42-27(47)8-13-45-29(49)4-5-30(45)50/h4-7,23,26,29,49H,1-3,8-22H2,(H,42,47)(H,43,54)(H,44,48)/t26-,29?/m0/s1. The second-order valence-corrected chi connectivity index (χ2v) is 12.7. The van der Waals surface area contributed by atoms with E-state index in [9.17, 15) is 56.2 Å². The second-order valence-electron chi connectivity index (χ2n) is 12.7. The maximum absolute atomic E-state index is 13.6. The topological polar surface area (TPSA) is 228 Å². The van der Waals surface area contributed by atoms with Gasteiger partial charge >= 0.3 is 5.97 Å². The highest BCUT2D eigenvalue weighted by molar-refractivity contribution is 6.13. The number of esters is 1. The fraction of sp³-hybridized carbons (Fsp3) is 0.541. The first-order valence-electron chi connectivity index (χ1n) is 18.7. The van der Waals surface area contributed by atoms with Crippen LogP contribution in [0, 0.1) is 23.3 Å². The fourth-order valence-electron chi connectivity index (χ4n) is 5.25. The highest BCUT2D eigenvalue weighted by atomic mass is 19.2. The van der Waals surface area contributed by atoms with Gasteiger partial charge in [0.15, 0.2) is 11.6 Å². The molecule has 2 heterocycles. The maximum Gasteiger partial charge on any atom is 0.313 e. The smallest absolute Gasteiger partial charge is 0.313 e. The number of hydrogen-bond acceptors (Lipinski definition) is 13. The maximum atomic E-state index is 13.6. The Bertz CT molecular complexity index is 1660. The molecule has 0 saturated heterocycles. The number of carbonyl (C=O) groups is 7. The van der Waals surface area contributed by atoms with Crippen LogP contribution >= 0.6 is 0 Å². The molecule has 0 radical (unpaired) electrons. The van der Waals surface area contributed by atoms with Crippen molar-refractivity contribution in [3.63, 3.8) is 0 Å². The summed E-state index contributed by atoms with van der Waals surface area (Å²) in [7, 11) is 0. The highest BCUT2D eigenvalue weighted by Crippen LogP contribution is 2.26. The third-order valence-electron chi connectivity index (χ3n) is 8.35. The van der Waals surface area contributed by atoms with Crippen LogP contribution in [0.4, 0.5) is 17.6 Å². The van der Waals surface area contributed by atoms with Crippen LogP contribution in [0.2, 0.25) is 0 Å². The van der Waals surface area contributed by atoms with E-state index in [4.69, 9.17) is 18.9 Å². The average molecular weight is 846 g/mol. The molecule has 1 unspecified atom stereocenters. The van der Waals surface area contributed by atoms with Crippen molar-refractivity contribution in [1.29, 1.82) is 0 Å². The zero-order valence-electron chi connectivity index (χ0n) is 32.0. The number of unbranched alkanes of at least 4 members (excludes halogenated alkanes) is 1. The van der Waals surface area contributed by atoms with Gasteiger partial charge in [-0.05, 0) is 25.3 Å². The third kappa shape index (κ3) is 17.2.